The molecule has 0 aliphatic carbocycles. The molecule has 336 valence electrons. The first-order valence-electron chi connectivity index (χ1n) is 19.3. The zero-order chi connectivity index (χ0) is 45.4. The van der Waals surface area contributed by atoms with Crippen LogP contribution in [0.25, 0.3) is 0 Å². The Morgan fingerprint density at radius 3 is 1.56 bits per heavy atom. The van der Waals surface area contributed by atoms with Gasteiger partial charge >= 0.3 is 5.97 Å². The summed E-state index contributed by atoms with van der Waals surface area (Å²) in [6, 6.07) is -9.91. The predicted octanol–water partition coefficient (Wildman–Crippen LogP) is -5.68. The highest BCUT2D eigenvalue weighted by molar-refractivity contribution is 5.98. The monoisotopic (exact) mass is 843 g/mol. The quantitative estimate of drug-likeness (QED) is 0.0182. The van der Waals surface area contributed by atoms with Crippen molar-refractivity contribution in [1.29, 1.82) is 0 Å². The lowest BCUT2D eigenvalue weighted by Gasteiger charge is -2.28. The number of aliphatic hydroxyl groups is 1. The average molecular weight is 844 g/mol. The van der Waals surface area contributed by atoms with Gasteiger partial charge in [-0.2, -0.15) is 0 Å². The Morgan fingerprint density at radius 1 is 0.593 bits per heavy atom. The second-order valence-corrected chi connectivity index (χ2v) is 14.7. The van der Waals surface area contributed by atoms with Crippen LogP contribution in [-0.4, -0.2) is 131 Å². The second-order valence-electron chi connectivity index (χ2n) is 14.7. The lowest BCUT2D eigenvalue weighted by Crippen LogP contribution is -2.61. The molecule has 0 rings (SSSR count). The maximum absolute atomic E-state index is 13.7. The van der Waals surface area contributed by atoms with Gasteiger partial charge in [-0.3, -0.25) is 43.3 Å². The van der Waals surface area contributed by atoms with E-state index in [-0.39, 0.29) is 63.5 Å². The molecule has 24 heteroatoms. The maximum Gasteiger partial charge on any atom is 0.326 e. The van der Waals surface area contributed by atoms with Gasteiger partial charge < -0.3 is 76.5 Å². The fourth-order valence-electron chi connectivity index (χ4n) is 5.41. The molecule has 0 aromatic heterocycles. The van der Waals surface area contributed by atoms with Crippen LogP contribution in [0.3, 0.4) is 0 Å². The van der Waals surface area contributed by atoms with E-state index in [1.165, 1.54) is 0 Å². The lowest BCUT2D eigenvalue weighted by molar-refractivity contribution is -0.143. The Bertz CT molecular complexity index is 1470. The fraction of sp³-hybridized carbons (Fsp3) is 0.714. The van der Waals surface area contributed by atoms with E-state index in [1.807, 2.05) is 0 Å². The van der Waals surface area contributed by atoms with Crippen LogP contribution in [-0.2, 0) is 43.2 Å². The van der Waals surface area contributed by atoms with E-state index in [9.17, 15) is 53.4 Å². The molecule has 59 heavy (non-hydrogen) atoms. The highest BCUT2D eigenvalue weighted by Crippen LogP contribution is 2.10. The summed E-state index contributed by atoms with van der Waals surface area (Å²) in [5.41, 5.74) is 32.6. The minimum absolute atomic E-state index is 0.00744. The largest absolute Gasteiger partial charge is 0.480 e. The summed E-state index contributed by atoms with van der Waals surface area (Å²) in [4.78, 5) is 119. The van der Waals surface area contributed by atoms with Gasteiger partial charge in [0, 0.05) is 13.0 Å². The van der Waals surface area contributed by atoms with Crippen molar-refractivity contribution in [1.82, 2.24) is 31.9 Å². The number of aliphatic imine (C=N–C) groups is 1. The Labute approximate surface area is 342 Å². The normalized spacial score (nSPS) is 14.6. The van der Waals surface area contributed by atoms with Gasteiger partial charge in [0.1, 0.15) is 36.3 Å². The van der Waals surface area contributed by atoms with Gasteiger partial charge in [0.05, 0.1) is 19.1 Å². The van der Waals surface area contributed by atoms with E-state index in [2.05, 4.69) is 36.9 Å². The molecule has 0 spiro atoms. The Hall–Kier alpha value is -5.62. The zero-order valence-corrected chi connectivity index (χ0v) is 34.2. The van der Waals surface area contributed by atoms with E-state index >= 15 is 0 Å². The molecule has 0 saturated carbocycles. The molecule has 0 saturated heterocycles. The number of amides is 8. The molecule has 0 aliphatic heterocycles. The van der Waals surface area contributed by atoms with Crippen LogP contribution in [0.15, 0.2) is 4.99 Å². The average Bonchev–Trinajstić information content (AvgIpc) is 3.13. The molecular weight excluding hydrogens is 778 g/mol. The minimum atomic E-state index is -1.76. The molecule has 0 radical (unpaired) electrons. The first-order chi connectivity index (χ1) is 27.5. The number of guanidine groups is 1. The van der Waals surface area contributed by atoms with Gasteiger partial charge in [-0.15, -0.1) is 0 Å². The summed E-state index contributed by atoms with van der Waals surface area (Å²) in [7, 11) is 0. The number of hydrogen-bond donors (Lipinski definition) is 14. The molecule has 0 aromatic carbocycles. The van der Waals surface area contributed by atoms with Crippen molar-refractivity contribution in [2.75, 3.05) is 19.7 Å². The summed E-state index contributed by atoms with van der Waals surface area (Å²) in [6.45, 7) is 5.97. The lowest BCUT2D eigenvalue weighted by atomic mass is 10.00. The molecule has 24 nitrogen and oxygen atoms in total. The van der Waals surface area contributed by atoms with Crippen LogP contribution in [0, 0.1) is 11.8 Å². The van der Waals surface area contributed by atoms with Gasteiger partial charge in [0.2, 0.25) is 47.3 Å². The van der Waals surface area contributed by atoms with Crippen LogP contribution >= 0.6 is 0 Å². The number of carbonyl (C=O) groups is 9. The third-order valence-electron chi connectivity index (χ3n) is 8.62. The standard InChI is InChI=1S/C35H65N13O11/c1-17(2)14-22(31(55)44-20(8-5-6-12-36)30(54)48-27(18(3)4)34(58)59)45-32(56)23(15-26(39)51)46-33(57)24(16-49)47-29(53)21(9-7-13-42-35(40)41)43-28(52)19(37)10-11-25(38)50/h17-24,27,49H,5-16,36-37H2,1-4H3,(H2,38,50)(H2,39,51)(H,43,52)(H,44,55)(H,45,56)(H,46,57)(H,47,53)(H,48,54)(H,58,59)(H4,40,41,42)/t19-,20-,21-,22-,23-,24-,27-/m0/s1. The summed E-state index contributed by atoms with van der Waals surface area (Å²) in [6.07, 6.45) is -0.111. The number of nitrogens with one attached hydrogen (secondary N) is 6. The molecule has 20 N–H and O–H groups in total. The van der Waals surface area contributed by atoms with Crippen molar-refractivity contribution in [3.05, 3.63) is 0 Å². The highest BCUT2D eigenvalue weighted by Gasteiger charge is 2.34. The van der Waals surface area contributed by atoms with Crippen molar-refractivity contribution >= 4 is 59.2 Å². The number of nitrogens with zero attached hydrogens (tertiary/aromatic N) is 1. The number of rotatable bonds is 30. The number of carbonyl (C=O) groups excluding carboxylic acids is 8. The zero-order valence-electron chi connectivity index (χ0n) is 34.2. The summed E-state index contributed by atoms with van der Waals surface area (Å²) in [5, 5.41) is 34.0. The van der Waals surface area contributed by atoms with Crippen molar-refractivity contribution < 1.29 is 53.4 Å². The van der Waals surface area contributed by atoms with Crippen LogP contribution in [0.5, 0.6) is 0 Å². The van der Waals surface area contributed by atoms with Gasteiger partial charge in [-0.25, -0.2) is 4.79 Å². The molecule has 0 aromatic rings. The van der Waals surface area contributed by atoms with Crippen molar-refractivity contribution in [3.63, 3.8) is 0 Å². The number of primary amides is 2. The number of aliphatic hydroxyl groups excluding tert-OH is 1. The van der Waals surface area contributed by atoms with Gasteiger partial charge in [0.15, 0.2) is 5.96 Å². The Balaban J connectivity index is 6.24. The molecule has 0 unspecified atom stereocenters. The molecule has 0 aliphatic rings. The first-order valence-corrected chi connectivity index (χ1v) is 19.3. The molecule has 0 heterocycles. The molecule has 0 fully saturated rings. The number of aliphatic carboxylic acids is 1. The molecule has 8 amide bonds. The first kappa shape index (κ1) is 53.4. The van der Waals surface area contributed by atoms with E-state index in [4.69, 9.17) is 34.4 Å². The van der Waals surface area contributed by atoms with Crippen molar-refractivity contribution in [2.24, 2.45) is 51.2 Å². The Morgan fingerprint density at radius 2 is 1.07 bits per heavy atom. The van der Waals surface area contributed by atoms with Gasteiger partial charge in [-0.05, 0) is 63.3 Å². The van der Waals surface area contributed by atoms with Crippen molar-refractivity contribution in [2.45, 2.75) is 128 Å². The summed E-state index contributed by atoms with van der Waals surface area (Å²) in [5.74, 6) is -9.62. The smallest absolute Gasteiger partial charge is 0.326 e. The summed E-state index contributed by atoms with van der Waals surface area (Å²) < 4.78 is 0. The molecular formula is C35H65N13O11. The molecule has 7 atom stereocenters. The minimum Gasteiger partial charge on any atom is -0.480 e. The van der Waals surface area contributed by atoms with Crippen LogP contribution in [0.2, 0.25) is 0 Å². The van der Waals surface area contributed by atoms with E-state index in [0.29, 0.717) is 12.8 Å². The molecule has 0 bridgehead atoms. The third kappa shape index (κ3) is 22.2. The van der Waals surface area contributed by atoms with Gasteiger partial charge in [-0.1, -0.05) is 27.7 Å². The van der Waals surface area contributed by atoms with Crippen LogP contribution in [0.1, 0.15) is 85.5 Å². The number of carboxylic acids is 1. The topological polar surface area (TPSA) is 435 Å². The Kier molecular flexibility index (Phi) is 25.3. The van der Waals surface area contributed by atoms with Crippen LogP contribution in [0.4, 0.5) is 0 Å². The fourth-order valence-corrected chi connectivity index (χ4v) is 5.41. The number of unbranched alkanes of at least 4 members (excludes halogenated alkanes) is 1. The third-order valence-corrected chi connectivity index (χ3v) is 8.62. The SMILES string of the molecule is CC(C)C[C@H](NC(=O)[C@H](CC(N)=O)NC(=O)[C@H](CO)NC(=O)[C@H](CCCN=C(N)N)NC(=O)[C@@H](N)CCC(N)=O)C(=O)N[C@@H](CCCCN)C(=O)N[C@H](C(=O)O)C(C)C. The van der Waals surface area contributed by atoms with E-state index < -0.39 is 114 Å². The summed E-state index contributed by atoms with van der Waals surface area (Å²) >= 11 is 0. The number of nitrogens with two attached hydrogens (primary N) is 6. The van der Waals surface area contributed by atoms with Gasteiger partial charge in [0.25, 0.3) is 0 Å². The number of hydrogen-bond acceptors (Lipinski definition) is 13. The van der Waals surface area contributed by atoms with Crippen molar-refractivity contribution in [3.8, 4) is 0 Å². The predicted molar refractivity (Wildman–Crippen MR) is 214 cm³/mol. The van der Waals surface area contributed by atoms with E-state index in [1.54, 1.807) is 27.7 Å². The van der Waals surface area contributed by atoms with E-state index in [0.717, 1.165) is 0 Å². The number of carboxylic acid groups (broad SMARTS) is 1. The maximum atomic E-state index is 13.7. The van der Waals surface area contributed by atoms with Crippen LogP contribution < -0.4 is 66.3 Å². The second kappa shape index (κ2) is 27.9. The highest BCUT2D eigenvalue weighted by atomic mass is 16.4.